The first-order chi connectivity index (χ1) is 6.63. The number of hydrogen-bond acceptors (Lipinski definition) is 3. The van der Waals surface area contributed by atoms with E-state index in [1.807, 2.05) is 0 Å². The molecule has 0 aromatic carbocycles. The average Bonchev–Trinajstić information content (AvgIpc) is 2.08. The van der Waals surface area contributed by atoms with Gasteiger partial charge in [-0.15, -0.1) is 0 Å². The number of rotatable bonds is 9. The smallest absolute Gasteiger partial charge is 0.0701 e. The van der Waals surface area contributed by atoms with Crippen LogP contribution in [0.4, 0.5) is 0 Å². The second-order valence-electron chi connectivity index (χ2n) is 4.19. The molecule has 0 fully saturated rings. The third kappa shape index (κ3) is 11.9. The second kappa shape index (κ2) is 9.44. The van der Waals surface area contributed by atoms with Gasteiger partial charge in [0.1, 0.15) is 0 Å². The third-order valence-electron chi connectivity index (χ3n) is 1.62. The van der Waals surface area contributed by atoms with Crippen LogP contribution in [0.3, 0.4) is 0 Å². The van der Waals surface area contributed by atoms with Crippen LogP contribution in [0.1, 0.15) is 27.7 Å². The summed E-state index contributed by atoms with van der Waals surface area (Å²) in [5.41, 5.74) is 0. The van der Waals surface area contributed by atoms with Crippen LogP contribution >= 0.6 is 0 Å². The van der Waals surface area contributed by atoms with Crippen LogP contribution in [-0.4, -0.2) is 39.0 Å². The van der Waals surface area contributed by atoms with Gasteiger partial charge in [0.2, 0.25) is 0 Å². The number of ether oxygens (including phenoxy) is 2. The van der Waals surface area contributed by atoms with Gasteiger partial charge in [-0.05, 0) is 5.92 Å². The monoisotopic (exact) mass is 203 g/mol. The number of hydrogen-bond donors (Lipinski definition) is 1. The van der Waals surface area contributed by atoms with Gasteiger partial charge in [0.05, 0.1) is 19.8 Å². The van der Waals surface area contributed by atoms with Gasteiger partial charge in [0, 0.05) is 19.2 Å². The summed E-state index contributed by atoms with van der Waals surface area (Å²) in [5.74, 6) is 0.609. The molecule has 0 bridgehead atoms. The van der Waals surface area contributed by atoms with E-state index in [0.717, 1.165) is 19.8 Å². The zero-order valence-electron chi connectivity index (χ0n) is 10.0. The lowest BCUT2D eigenvalue weighted by Crippen LogP contribution is -2.27. The van der Waals surface area contributed by atoms with Crippen LogP contribution in [0.2, 0.25) is 0 Å². The Morgan fingerprint density at radius 2 is 1.57 bits per heavy atom. The van der Waals surface area contributed by atoms with Crippen molar-refractivity contribution in [3.63, 3.8) is 0 Å². The SMILES string of the molecule is CC(C)COCCOCCNC(C)C. The van der Waals surface area contributed by atoms with Gasteiger partial charge in [0.15, 0.2) is 0 Å². The van der Waals surface area contributed by atoms with Gasteiger partial charge in [-0.25, -0.2) is 0 Å². The highest BCUT2D eigenvalue weighted by molar-refractivity contribution is 4.50. The second-order valence-corrected chi connectivity index (χ2v) is 4.19. The minimum atomic E-state index is 0.538. The van der Waals surface area contributed by atoms with E-state index in [2.05, 4.69) is 33.0 Å². The molecule has 0 saturated heterocycles. The molecule has 0 aromatic rings. The van der Waals surface area contributed by atoms with Crippen molar-refractivity contribution in [2.45, 2.75) is 33.7 Å². The first kappa shape index (κ1) is 13.9. The van der Waals surface area contributed by atoms with Crippen molar-refractivity contribution in [2.24, 2.45) is 5.92 Å². The van der Waals surface area contributed by atoms with Crippen molar-refractivity contribution in [1.82, 2.24) is 5.32 Å². The van der Waals surface area contributed by atoms with E-state index in [4.69, 9.17) is 9.47 Å². The molecule has 0 atom stereocenters. The molecular formula is C11H25NO2. The lowest BCUT2D eigenvalue weighted by Gasteiger charge is -2.09. The van der Waals surface area contributed by atoms with E-state index in [0.29, 0.717) is 25.2 Å². The molecule has 0 unspecified atom stereocenters. The van der Waals surface area contributed by atoms with Crippen molar-refractivity contribution >= 4 is 0 Å². The normalized spacial score (nSPS) is 11.6. The highest BCUT2D eigenvalue weighted by atomic mass is 16.5. The summed E-state index contributed by atoms with van der Waals surface area (Å²) in [6.07, 6.45) is 0. The van der Waals surface area contributed by atoms with Crippen LogP contribution in [0.25, 0.3) is 0 Å². The Labute approximate surface area is 88.2 Å². The topological polar surface area (TPSA) is 30.5 Å². The standard InChI is InChI=1S/C11H25NO2/c1-10(2)9-14-8-7-13-6-5-12-11(3)4/h10-12H,5-9H2,1-4H3. The predicted molar refractivity (Wildman–Crippen MR) is 59.6 cm³/mol. The molecule has 3 nitrogen and oxygen atoms in total. The van der Waals surface area contributed by atoms with Crippen molar-refractivity contribution in [3.05, 3.63) is 0 Å². The highest BCUT2D eigenvalue weighted by Gasteiger charge is 1.94. The van der Waals surface area contributed by atoms with Crippen LogP contribution in [0, 0.1) is 5.92 Å². The number of nitrogens with one attached hydrogen (secondary N) is 1. The summed E-state index contributed by atoms with van der Waals surface area (Å²) < 4.78 is 10.8. The molecular weight excluding hydrogens is 178 g/mol. The Morgan fingerprint density at radius 1 is 0.929 bits per heavy atom. The molecule has 14 heavy (non-hydrogen) atoms. The fourth-order valence-electron chi connectivity index (χ4n) is 0.959. The van der Waals surface area contributed by atoms with Gasteiger partial charge in [0.25, 0.3) is 0 Å². The maximum absolute atomic E-state index is 5.38. The molecule has 1 N–H and O–H groups in total. The summed E-state index contributed by atoms with van der Waals surface area (Å²) in [7, 11) is 0. The third-order valence-corrected chi connectivity index (χ3v) is 1.62. The van der Waals surface area contributed by atoms with Crippen LogP contribution < -0.4 is 5.32 Å². The zero-order chi connectivity index (χ0) is 10.8. The van der Waals surface area contributed by atoms with Crippen molar-refractivity contribution in [2.75, 3.05) is 33.0 Å². The summed E-state index contributed by atoms with van der Waals surface area (Å²) >= 11 is 0. The molecule has 0 aliphatic rings. The summed E-state index contributed by atoms with van der Waals surface area (Å²) in [5, 5.41) is 3.29. The molecule has 0 spiro atoms. The van der Waals surface area contributed by atoms with E-state index in [1.165, 1.54) is 0 Å². The fourth-order valence-corrected chi connectivity index (χ4v) is 0.959. The molecule has 3 heteroatoms. The Kier molecular flexibility index (Phi) is 9.35. The van der Waals surface area contributed by atoms with Crippen LogP contribution in [0.5, 0.6) is 0 Å². The molecule has 0 aromatic heterocycles. The van der Waals surface area contributed by atoms with Crippen molar-refractivity contribution in [1.29, 1.82) is 0 Å². The van der Waals surface area contributed by atoms with Gasteiger partial charge in [-0.1, -0.05) is 27.7 Å². The first-order valence-corrected chi connectivity index (χ1v) is 5.51. The predicted octanol–water partition coefficient (Wildman–Crippen LogP) is 1.67. The fraction of sp³-hybridized carbons (Fsp3) is 1.00. The quantitative estimate of drug-likeness (QED) is 0.578. The van der Waals surface area contributed by atoms with E-state index >= 15 is 0 Å². The molecule has 0 radical (unpaired) electrons. The lowest BCUT2D eigenvalue weighted by atomic mass is 10.2. The van der Waals surface area contributed by atoms with Gasteiger partial charge >= 0.3 is 0 Å². The van der Waals surface area contributed by atoms with E-state index in [1.54, 1.807) is 0 Å². The molecule has 0 rings (SSSR count). The highest BCUT2D eigenvalue weighted by Crippen LogP contribution is 1.91. The largest absolute Gasteiger partial charge is 0.379 e. The maximum atomic E-state index is 5.38. The minimum Gasteiger partial charge on any atom is -0.379 e. The lowest BCUT2D eigenvalue weighted by molar-refractivity contribution is 0.0384. The Balaban J connectivity index is 2.92. The molecule has 0 aliphatic heterocycles. The summed E-state index contributed by atoms with van der Waals surface area (Å²) in [6, 6.07) is 0.538. The summed E-state index contributed by atoms with van der Waals surface area (Å²) in [6.45, 7) is 12.5. The van der Waals surface area contributed by atoms with Crippen LogP contribution in [0.15, 0.2) is 0 Å². The van der Waals surface area contributed by atoms with Gasteiger partial charge < -0.3 is 14.8 Å². The van der Waals surface area contributed by atoms with Gasteiger partial charge in [-0.3, -0.25) is 0 Å². The van der Waals surface area contributed by atoms with Crippen molar-refractivity contribution in [3.8, 4) is 0 Å². The Bertz CT molecular complexity index is 102. The van der Waals surface area contributed by atoms with Gasteiger partial charge in [-0.2, -0.15) is 0 Å². The molecule has 0 amide bonds. The summed E-state index contributed by atoms with van der Waals surface area (Å²) in [4.78, 5) is 0. The maximum Gasteiger partial charge on any atom is 0.0701 e. The molecule has 0 saturated carbocycles. The average molecular weight is 203 g/mol. The molecule has 0 aliphatic carbocycles. The Morgan fingerprint density at radius 3 is 2.14 bits per heavy atom. The van der Waals surface area contributed by atoms with Crippen molar-refractivity contribution < 1.29 is 9.47 Å². The molecule has 86 valence electrons. The zero-order valence-corrected chi connectivity index (χ0v) is 10.0. The van der Waals surface area contributed by atoms with E-state index in [-0.39, 0.29) is 0 Å². The van der Waals surface area contributed by atoms with Crippen LogP contribution in [-0.2, 0) is 9.47 Å². The Hall–Kier alpha value is -0.120. The van der Waals surface area contributed by atoms with E-state index in [9.17, 15) is 0 Å². The minimum absolute atomic E-state index is 0.538. The first-order valence-electron chi connectivity index (χ1n) is 5.51. The molecule has 0 heterocycles. The van der Waals surface area contributed by atoms with E-state index < -0.39 is 0 Å².